The fraction of sp³-hybridized carbons (Fsp3) is 0.467. The van der Waals surface area contributed by atoms with Crippen LogP contribution in [-0.2, 0) is 5.21 Å². The molecule has 2 nitrogen and oxygen atoms in total. The van der Waals surface area contributed by atoms with Gasteiger partial charge in [0.1, 0.15) is 0 Å². The van der Waals surface area contributed by atoms with Crippen LogP contribution in [0.15, 0.2) is 29.3 Å². The fourth-order valence-electron chi connectivity index (χ4n) is 3.28. The quantitative estimate of drug-likeness (QED) is 0.688. The minimum absolute atomic E-state index is 0.194. The maximum absolute atomic E-state index is 6.55. The van der Waals surface area contributed by atoms with E-state index in [9.17, 15) is 0 Å². The number of nitrogens with zero attached hydrogens (tertiary/aromatic N) is 1. The molecule has 0 amide bonds. The summed E-state index contributed by atoms with van der Waals surface area (Å²) in [5, 5.41) is 0.322. The minimum Gasteiger partial charge on any atom is -0.361 e. The van der Waals surface area contributed by atoms with Gasteiger partial charge in [-0.2, -0.15) is 0 Å². The highest BCUT2D eigenvalue weighted by Gasteiger charge is 2.37. The Labute approximate surface area is 127 Å². The van der Waals surface area contributed by atoms with E-state index in [2.05, 4.69) is 41.4 Å². The molecular weight excluding hydrogens is 262 g/mol. The summed E-state index contributed by atoms with van der Waals surface area (Å²) < 4.78 is 0. The van der Waals surface area contributed by atoms with Crippen molar-refractivity contribution in [3.8, 4) is 0 Å². The van der Waals surface area contributed by atoms with Crippen LogP contribution in [0.3, 0.4) is 0 Å². The number of rotatable bonds is 3. The average Bonchev–Trinajstić information content (AvgIpc) is 3.04. The number of thioether (sulfide) groups is 1. The van der Waals surface area contributed by atoms with E-state index in [-0.39, 0.29) is 6.04 Å². The van der Waals surface area contributed by atoms with Gasteiger partial charge in [-0.25, -0.2) is 0 Å². The molecule has 1 aromatic heterocycles. The second kappa shape index (κ2) is 5.19. The van der Waals surface area contributed by atoms with Crippen LogP contribution in [0.1, 0.15) is 18.4 Å². The van der Waals surface area contributed by atoms with Gasteiger partial charge in [0, 0.05) is 28.0 Å². The molecule has 5 heteroatoms. The van der Waals surface area contributed by atoms with Gasteiger partial charge in [-0.05, 0) is 56.5 Å². The SMILES string of the molecule is [B]C([B])(c1c[nH]c2ccc(SC)cc12)C1CCCN1C. The standard InChI is InChI=1S/C15H18B2N2S/c1-19-7-3-4-14(19)15(16,17)12-9-18-13-6-5-10(20-2)8-11(12)13/h5-6,8-9,14,18H,3-4,7H2,1-2H3. The number of benzene rings is 1. The molecule has 0 spiro atoms. The zero-order chi connectivity index (χ0) is 14.3. The van der Waals surface area contributed by atoms with Crippen molar-refractivity contribution in [3.63, 3.8) is 0 Å². The zero-order valence-corrected chi connectivity index (χ0v) is 12.8. The lowest BCUT2D eigenvalue weighted by atomic mass is 9.47. The molecule has 1 aromatic carbocycles. The second-order valence-corrected chi connectivity index (χ2v) is 6.57. The summed E-state index contributed by atoms with van der Waals surface area (Å²) >= 11 is 1.73. The van der Waals surface area contributed by atoms with Crippen molar-refractivity contribution >= 4 is 38.4 Å². The molecule has 1 N–H and O–H groups in total. The van der Waals surface area contributed by atoms with E-state index < -0.39 is 5.21 Å². The lowest BCUT2D eigenvalue weighted by Crippen LogP contribution is -2.47. The van der Waals surface area contributed by atoms with Gasteiger partial charge in [-0.15, -0.1) is 11.8 Å². The first-order valence-corrected chi connectivity index (χ1v) is 8.20. The monoisotopic (exact) mass is 280 g/mol. The Morgan fingerprint density at radius 3 is 2.85 bits per heavy atom. The molecule has 1 atom stereocenters. The number of likely N-dealkylation sites (tertiary alicyclic amines) is 1. The predicted octanol–water partition coefficient (Wildman–Crippen LogP) is 2.47. The molecule has 0 aliphatic carbocycles. The first kappa shape index (κ1) is 14.2. The van der Waals surface area contributed by atoms with Crippen molar-refractivity contribution in [3.05, 3.63) is 30.0 Å². The van der Waals surface area contributed by atoms with Gasteiger partial charge in [-0.1, -0.05) is 5.21 Å². The Morgan fingerprint density at radius 1 is 1.40 bits per heavy atom. The van der Waals surface area contributed by atoms with Crippen LogP contribution in [0.2, 0.25) is 0 Å². The maximum Gasteiger partial charge on any atom is 0.0704 e. The van der Waals surface area contributed by atoms with Crippen LogP contribution in [0, 0.1) is 0 Å². The van der Waals surface area contributed by atoms with Gasteiger partial charge in [-0.3, -0.25) is 0 Å². The lowest BCUT2D eigenvalue weighted by Gasteiger charge is -2.37. The first-order chi connectivity index (χ1) is 9.54. The zero-order valence-electron chi connectivity index (χ0n) is 12.0. The topological polar surface area (TPSA) is 19.0 Å². The molecule has 100 valence electrons. The third kappa shape index (κ3) is 2.21. The Kier molecular flexibility index (Phi) is 3.67. The van der Waals surface area contributed by atoms with E-state index in [4.69, 9.17) is 15.7 Å². The number of likely N-dealkylation sites (N-methyl/N-ethyl adjacent to an activating group) is 1. The number of fused-ring (bicyclic) bond motifs is 1. The molecule has 20 heavy (non-hydrogen) atoms. The van der Waals surface area contributed by atoms with Gasteiger partial charge in [0.2, 0.25) is 0 Å². The third-order valence-corrected chi connectivity index (χ3v) is 5.15. The summed E-state index contributed by atoms with van der Waals surface area (Å²) in [6, 6.07) is 6.58. The third-order valence-electron chi connectivity index (χ3n) is 4.43. The number of aromatic nitrogens is 1. The molecule has 2 heterocycles. The molecule has 4 radical (unpaired) electrons. The Bertz CT molecular complexity index is 623. The Hall–Kier alpha value is -0.800. The molecule has 1 aliphatic heterocycles. The van der Waals surface area contributed by atoms with Gasteiger partial charge in [0.15, 0.2) is 0 Å². The van der Waals surface area contributed by atoms with Crippen molar-refractivity contribution in [2.45, 2.75) is 29.0 Å². The summed E-state index contributed by atoms with van der Waals surface area (Å²) in [6.45, 7) is 1.07. The van der Waals surface area contributed by atoms with E-state index in [0.717, 1.165) is 35.9 Å². The Balaban J connectivity index is 2.08. The highest BCUT2D eigenvalue weighted by molar-refractivity contribution is 7.98. The van der Waals surface area contributed by atoms with Gasteiger partial charge in [0.05, 0.1) is 15.7 Å². The molecular formula is C15H18B2N2S. The van der Waals surface area contributed by atoms with Crippen molar-refractivity contribution in [1.82, 2.24) is 9.88 Å². The normalized spacial score (nSPS) is 20.8. The van der Waals surface area contributed by atoms with E-state index in [1.807, 2.05) is 6.20 Å². The molecule has 1 saturated heterocycles. The summed E-state index contributed by atoms with van der Waals surface area (Å²) in [6.07, 6.45) is 6.27. The van der Waals surface area contributed by atoms with Crippen LogP contribution in [0.5, 0.6) is 0 Å². The smallest absolute Gasteiger partial charge is 0.0704 e. The van der Waals surface area contributed by atoms with Gasteiger partial charge in [0.25, 0.3) is 0 Å². The van der Waals surface area contributed by atoms with Crippen molar-refractivity contribution < 1.29 is 0 Å². The minimum atomic E-state index is -0.819. The molecule has 0 bridgehead atoms. The Morgan fingerprint density at radius 2 is 2.20 bits per heavy atom. The molecule has 1 unspecified atom stereocenters. The molecule has 2 aromatic rings. The largest absolute Gasteiger partial charge is 0.361 e. The highest BCUT2D eigenvalue weighted by Crippen LogP contribution is 2.36. The summed E-state index contributed by atoms with van der Waals surface area (Å²) in [4.78, 5) is 6.80. The van der Waals surface area contributed by atoms with Crippen LogP contribution in [0.4, 0.5) is 0 Å². The second-order valence-electron chi connectivity index (χ2n) is 5.69. The van der Waals surface area contributed by atoms with E-state index in [0.29, 0.717) is 0 Å². The average molecular weight is 280 g/mol. The molecule has 1 aliphatic rings. The van der Waals surface area contributed by atoms with Crippen molar-refractivity contribution in [2.75, 3.05) is 19.8 Å². The van der Waals surface area contributed by atoms with Crippen molar-refractivity contribution in [1.29, 1.82) is 0 Å². The first-order valence-electron chi connectivity index (χ1n) is 6.97. The highest BCUT2D eigenvalue weighted by atomic mass is 32.2. The maximum atomic E-state index is 6.55. The number of nitrogens with one attached hydrogen (secondary N) is 1. The molecule has 3 rings (SSSR count). The fourth-order valence-corrected chi connectivity index (χ4v) is 3.72. The van der Waals surface area contributed by atoms with Gasteiger partial charge < -0.3 is 9.88 Å². The van der Waals surface area contributed by atoms with Crippen molar-refractivity contribution in [2.24, 2.45) is 0 Å². The van der Waals surface area contributed by atoms with Crippen LogP contribution < -0.4 is 0 Å². The van der Waals surface area contributed by atoms with Crippen LogP contribution in [0.25, 0.3) is 10.9 Å². The number of aromatic amines is 1. The molecule has 0 saturated carbocycles. The lowest BCUT2D eigenvalue weighted by molar-refractivity contribution is 0.287. The number of hydrogen-bond acceptors (Lipinski definition) is 2. The summed E-state index contributed by atoms with van der Waals surface area (Å²) in [5.74, 6) is 0. The number of H-pyrrole nitrogens is 1. The summed E-state index contributed by atoms with van der Waals surface area (Å²) in [7, 11) is 15.2. The van der Waals surface area contributed by atoms with E-state index >= 15 is 0 Å². The van der Waals surface area contributed by atoms with E-state index in [1.54, 1.807) is 11.8 Å². The number of hydrogen-bond donors (Lipinski definition) is 1. The van der Waals surface area contributed by atoms with Crippen LogP contribution in [-0.4, -0.2) is 51.5 Å². The van der Waals surface area contributed by atoms with Crippen LogP contribution >= 0.6 is 11.8 Å². The van der Waals surface area contributed by atoms with E-state index in [1.165, 1.54) is 4.90 Å². The predicted molar refractivity (Wildman–Crippen MR) is 88.9 cm³/mol. The molecule has 1 fully saturated rings. The van der Waals surface area contributed by atoms with Gasteiger partial charge >= 0.3 is 0 Å². The summed E-state index contributed by atoms with van der Waals surface area (Å²) in [5.41, 5.74) is 2.11.